The number of rotatable bonds is 9. The van der Waals surface area contributed by atoms with Crippen LogP contribution in [-0.4, -0.2) is 55.5 Å². The molecular weight excluding hydrogens is 411 g/mol. The lowest BCUT2D eigenvalue weighted by molar-refractivity contribution is 0.0438. The fourth-order valence-electron chi connectivity index (χ4n) is 3.90. The third-order valence-electron chi connectivity index (χ3n) is 5.95. The van der Waals surface area contributed by atoms with E-state index in [4.69, 9.17) is 4.74 Å². The predicted molar refractivity (Wildman–Crippen MR) is 126 cm³/mol. The summed E-state index contributed by atoms with van der Waals surface area (Å²) in [6.07, 6.45) is 1.66. The van der Waals surface area contributed by atoms with E-state index in [9.17, 15) is 4.79 Å². The van der Waals surface area contributed by atoms with E-state index in [1.807, 2.05) is 42.5 Å². The maximum atomic E-state index is 15.2. The van der Waals surface area contributed by atoms with Crippen molar-refractivity contribution in [2.45, 2.75) is 43.7 Å². The number of nitrogens with one attached hydrogen (secondary N) is 1. The van der Waals surface area contributed by atoms with Gasteiger partial charge >= 0.3 is 0 Å². The predicted octanol–water partition coefficient (Wildman–Crippen LogP) is 4.89. The number of hydrogen-bond donors (Lipinski definition) is 1. The van der Waals surface area contributed by atoms with Crippen molar-refractivity contribution >= 4 is 17.7 Å². The molecular formula is C25H33FN2O2S. The highest BCUT2D eigenvalue weighted by molar-refractivity contribution is 7.99. The molecule has 1 saturated heterocycles. The summed E-state index contributed by atoms with van der Waals surface area (Å²) >= 11 is 1.72. The zero-order valence-electron chi connectivity index (χ0n) is 18.7. The molecule has 1 aliphatic rings. The number of halogens is 1. The highest BCUT2D eigenvalue weighted by atomic mass is 32.2. The quantitative estimate of drug-likeness (QED) is 0.442. The van der Waals surface area contributed by atoms with E-state index in [1.165, 1.54) is 11.1 Å². The molecule has 1 fully saturated rings. The molecule has 0 aliphatic carbocycles. The molecule has 2 aromatic rings. The van der Waals surface area contributed by atoms with Crippen molar-refractivity contribution in [2.24, 2.45) is 0 Å². The van der Waals surface area contributed by atoms with Crippen LogP contribution in [0, 0.1) is 6.92 Å². The Hall–Kier alpha value is -2.05. The number of carbonyl (C=O) groups excluding carboxylic acids is 1. The van der Waals surface area contributed by atoms with Gasteiger partial charge in [-0.25, -0.2) is 4.39 Å². The molecule has 168 valence electrons. The second-order valence-corrected chi connectivity index (χ2v) is 9.31. The highest BCUT2D eigenvalue weighted by Gasteiger charge is 2.35. The highest BCUT2D eigenvalue weighted by Crippen LogP contribution is 2.27. The zero-order valence-corrected chi connectivity index (χ0v) is 19.6. The Kier molecular flexibility index (Phi) is 8.38. The molecule has 2 aromatic carbocycles. The molecule has 0 radical (unpaired) electrons. The molecule has 1 N–H and O–H groups in total. The van der Waals surface area contributed by atoms with E-state index in [0.717, 1.165) is 29.4 Å². The number of alkyl halides is 1. The van der Waals surface area contributed by atoms with Crippen molar-refractivity contribution in [2.75, 3.05) is 39.0 Å². The fraction of sp³-hybridized carbons (Fsp3) is 0.480. The Bertz CT molecular complexity index is 882. The van der Waals surface area contributed by atoms with Crippen LogP contribution in [0.25, 0.3) is 0 Å². The number of piperidine rings is 1. The Morgan fingerprint density at radius 2 is 2.00 bits per heavy atom. The number of amides is 1. The topological polar surface area (TPSA) is 41.6 Å². The monoisotopic (exact) mass is 444 g/mol. The van der Waals surface area contributed by atoms with Crippen molar-refractivity contribution in [3.63, 3.8) is 0 Å². The largest absolute Gasteiger partial charge is 0.497 e. The number of benzene rings is 2. The standard InChI is InChI=1S/C25H33FN2O2S/c1-4-20-16-21(9-8-19(20)2)24(29)28-13-10-25(26,11-14-28)18-27-12-15-31-23-7-5-6-22(17-23)30-3/h5-9,16-17,27H,4,10-15,18H2,1-3H3. The number of carbonyl (C=O) groups is 1. The Balaban J connectivity index is 1.41. The number of hydrogen-bond acceptors (Lipinski definition) is 4. The van der Waals surface area contributed by atoms with Gasteiger partial charge in [-0.1, -0.05) is 19.1 Å². The van der Waals surface area contributed by atoms with Crippen LogP contribution in [0.3, 0.4) is 0 Å². The Morgan fingerprint density at radius 1 is 1.23 bits per heavy atom. The van der Waals surface area contributed by atoms with Crippen LogP contribution >= 0.6 is 11.8 Å². The number of thioether (sulfide) groups is 1. The summed E-state index contributed by atoms with van der Waals surface area (Å²) in [7, 11) is 1.66. The summed E-state index contributed by atoms with van der Waals surface area (Å²) in [6.45, 7) is 6.15. The first-order valence-corrected chi connectivity index (χ1v) is 12.0. The van der Waals surface area contributed by atoms with Gasteiger partial charge in [0.25, 0.3) is 5.91 Å². The van der Waals surface area contributed by atoms with Gasteiger partial charge < -0.3 is 15.0 Å². The normalized spacial score (nSPS) is 15.7. The van der Waals surface area contributed by atoms with Gasteiger partial charge in [-0.05, 0) is 54.8 Å². The second-order valence-electron chi connectivity index (χ2n) is 8.14. The van der Waals surface area contributed by atoms with E-state index >= 15 is 4.39 Å². The number of likely N-dealkylation sites (tertiary alicyclic amines) is 1. The van der Waals surface area contributed by atoms with Crippen LogP contribution in [0.2, 0.25) is 0 Å². The average Bonchev–Trinajstić information content (AvgIpc) is 2.79. The minimum Gasteiger partial charge on any atom is -0.497 e. The van der Waals surface area contributed by atoms with Gasteiger partial charge in [0.05, 0.1) is 7.11 Å². The van der Waals surface area contributed by atoms with E-state index in [-0.39, 0.29) is 5.91 Å². The van der Waals surface area contributed by atoms with Crippen molar-refractivity contribution in [3.05, 3.63) is 59.2 Å². The Labute approximate surface area is 189 Å². The van der Waals surface area contributed by atoms with E-state index in [2.05, 4.69) is 19.2 Å². The zero-order chi connectivity index (χ0) is 22.3. The van der Waals surface area contributed by atoms with Crippen LogP contribution in [0.4, 0.5) is 4.39 Å². The SMILES string of the molecule is CCc1cc(C(=O)N2CCC(F)(CNCCSc3cccc(OC)c3)CC2)ccc1C. The summed E-state index contributed by atoms with van der Waals surface area (Å²) in [4.78, 5) is 15.8. The molecule has 4 nitrogen and oxygen atoms in total. The van der Waals surface area contributed by atoms with Crippen LogP contribution in [0.15, 0.2) is 47.4 Å². The van der Waals surface area contributed by atoms with Gasteiger partial charge in [-0.15, -0.1) is 11.8 Å². The van der Waals surface area contributed by atoms with Gasteiger partial charge in [-0.2, -0.15) is 0 Å². The lowest BCUT2D eigenvalue weighted by atomic mass is 9.92. The van der Waals surface area contributed by atoms with Crippen LogP contribution in [0.1, 0.15) is 41.3 Å². The summed E-state index contributed by atoms with van der Waals surface area (Å²) in [6, 6.07) is 13.8. The van der Waals surface area contributed by atoms with Crippen molar-refractivity contribution < 1.29 is 13.9 Å². The molecule has 0 aromatic heterocycles. The first kappa shape index (κ1) is 23.6. The number of aryl methyl sites for hydroxylation is 2. The van der Waals surface area contributed by atoms with Gasteiger partial charge in [0.15, 0.2) is 0 Å². The molecule has 1 aliphatic heterocycles. The van der Waals surface area contributed by atoms with Crippen LogP contribution < -0.4 is 10.1 Å². The Morgan fingerprint density at radius 3 is 2.71 bits per heavy atom. The lowest BCUT2D eigenvalue weighted by Gasteiger charge is -2.36. The summed E-state index contributed by atoms with van der Waals surface area (Å²) in [5, 5.41) is 3.26. The maximum absolute atomic E-state index is 15.2. The van der Waals surface area contributed by atoms with Gasteiger partial charge in [0, 0.05) is 55.2 Å². The van der Waals surface area contributed by atoms with Crippen LogP contribution in [-0.2, 0) is 6.42 Å². The van der Waals surface area contributed by atoms with Crippen LogP contribution in [0.5, 0.6) is 5.75 Å². The van der Waals surface area contributed by atoms with Crippen molar-refractivity contribution in [3.8, 4) is 5.75 Å². The molecule has 0 unspecified atom stereocenters. The first-order valence-electron chi connectivity index (χ1n) is 11.0. The maximum Gasteiger partial charge on any atom is 0.253 e. The third-order valence-corrected chi connectivity index (χ3v) is 6.95. The second kappa shape index (κ2) is 11.0. The molecule has 0 spiro atoms. The summed E-state index contributed by atoms with van der Waals surface area (Å²) < 4.78 is 20.4. The van der Waals surface area contributed by atoms with Gasteiger partial charge in [-0.3, -0.25) is 4.79 Å². The van der Waals surface area contributed by atoms with E-state index in [0.29, 0.717) is 38.0 Å². The molecule has 0 atom stereocenters. The molecule has 6 heteroatoms. The minimum atomic E-state index is -1.25. The molecule has 0 bridgehead atoms. The third kappa shape index (κ3) is 6.47. The average molecular weight is 445 g/mol. The first-order chi connectivity index (χ1) is 14.9. The van der Waals surface area contributed by atoms with Crippen molar-refractivity contribution in [1.82, 2.24) is 10.2 Å². The number of ether oxygens (including phenoxy) is 1. The number of nitrogens with zero attached hydrogens (tertiary/aromatic N) is 1. The minimum absolute atomic E-state index is 0.0133. The van der Waals surface area contributed by atoms with Gasteiger partial charge in [0.1, 0.15) is 11.4 Å². The molecule has 3 rings (SSSR count). The van der Waals surface area contributed by atoms with Gasteiger partial charge in [0.2, 0.25) is 0 Å². The summed E-state index contributed by atoms with van der Waals surface area (Å²) in [5.74, 6) is 1.72. The van der Waals surface area contributed by atoms with E-state index in [1.54, 1.807) is 23.8 Å². The molecule has 0 saturated carbocycles. The van der Waals surface area contributed by atoms with E-state index < -0.39 is 5.67 Å². The fourth-order valence-corrected chi connectivity index (χ4v) is 4.76. The molecule has 1 heterocycles. The van der Waals surface area contributed by atoms with Crippen molar-refractivity contribution in [1.29, 1.82) is 0 Å². The summed E-state index contributed by atoms with van der Waals surface area (Å²) in [5.41, 5.74) is 1.86. The molecule has 31 heavy (non-hydrogen) atoms. The smallest absolute Gasteiger partial charge is 0.253 e. The lowest BCUT2D eigenvalue weighted by Crippen LogP contribution is -2.49. The number of methoxy groups -OCH3 is 1. The molecule has 1 amide bonds.